The number of benzene rings is 1. The van der Waals surface area contributed by atoms with E-state index in [1.807, 2.05) is 6.92 Å². The van der Waals surface area contributed by atoms with Crippen LogP contribution in [0.4, 0.5) is 13.2 Å². The number of carbonyl (C=O) groups is 1. The monoisotopic (exact) mass is 364 g/mol. The first-order chi connectivity index (χ1) is 11.3. The molecule has 1 heterocycles. The summed E-state index contributed by atoms with van der Waals surface area (Å²) in [6, 6.07) is 2.69. The summed E-state index contributed by atoms with van der Waals surface area (Å²) in [6.07, 6.45) is -5.36. The van der Waals surface area contributed by atoms with Crippen LogP contribution >= 0.6 is 11.6 Å². The lowest BCUT2D eigenvalue weighted by molar-refractivity contribution is -0.187. The quantitative estimate of drug-likeness (QED) is 0.726. The van der Waals surface area contributed by atoms with Crippen molar-refractivity contribution in [1.82, 2.24) is 0 Å². The second kappa shape index (κ2) is 7.34. The molecule has 0 spiro atoms. The van der Waals surface area contributed by atoms with Gasteiger partial charge in [-0.2, -0.15) is 13.2 Å². The van der Waals surface area contributed by atoms with E-state index in [0.717, 1.165) is 6.08 Å². The number of ether oxygens (including phenoxy) is 3. The van der Waals surface area contributed by atoms with Crippen LogP contribution in [0.1, 0.15) is 25.8 Å². The van der Waals surface area contributed by atoms with Crippen LogP contribution in [-0.2, 0) is 9.53 Å². The van der Waals surface area contributed by atoms with Crippen molar-refractivity contribution in [3.63, 3.8) is 0 Å². The summed E-state index contributed by atoms with van der Waals surface area (Å²) < 4.78 is 54.8. The molecule has 0 amide bonds. The third-order valence-electron chi connectivity index (χ3n) is 3.17. The fourth-order valence-electron chi connectivity index (χ4n) is 2.14. The summed E-state index contributed by atoms with van der Waals surface area (Å²) in [4.78, 5) is 11.8. The Morgan fingerprint density at radius 1 is 1.33 bits per heavy atom. The van der Waals surface area contributed by atoms with Crippen LogP contribution in [0.15, 0.2) is 17.7 Å². The van der Waals surface area contributed by atoms with Crippen LogP contribution in [0, 0.1) is 0 Å². The second-order valence-electron chi connectivity index (χ2n) is 5.03. The second-order valence-corrected chi connectivity index (χ2v) is 5.44. The number of alkyl halides is 3. The lowest BCUT2D eigenvalue weighted by Crippen LogP contribution is -2.40. The summed E-state index contributed by atoms with van der Waals surface area (Å²) in [6.45, 7) is 3.72. The van der Waals surface area contributed by atoms with E-state index in [-0.39, 0.29) is 28.7 Å². The average Bonchev–Trinajstić information content (AvgIpc) is 2.51. The van der Waals surface area contributed by atoms with Gasteiger partial charge in [-0.15, -0.1) is 0 Å². The van der Waals surface area contributed by atoms with E-state index in [0.29, 0.717) is 13.0 Å². The fourth-order valence-corrected chi connectivity index (χ4v) is 2.37. The molecule has 24 heavy (non-hydrogen) atoms. The Bertz CT molecular complexity index is 655. The first-order valence-corrected chi connectivity index (χ1v) is 7.74. The molecule has 1 unspecified atom stereocenters. The minimum Gasteiger partial charge on any atom is -0.492 e. The lowest BCUT2D eigenvalue weighted by Gasteiger charge is -2.28. The van der Waals surface area contributed by atoms with Crippen LogP contribution in [0.2, 0.25) is 5.02 Å². The fraction of sp³-hybridized carbons (Fsp3) is 0.438. The SMILES string of the molecule is CCCOc1cc2c(cc1Cl)C=C(C(=O)OCC)C(C(F)(F)F)O2. The van der Waals surface area contributed by atoms with Gasteiger partial charge in [-0.1, -0.05) is 18.5 Å². The molecular weight excluding hydrogens is 349 g/mol. The van der Waals surface area contributed by atoms with E-state index in [4.69, 9.17) is 21.1 Å². The van der Waals surface area contributed by atoms with Crippen LogP contribution in [0.3, 0.4) is 0 Å². The Kier molecular flexibility index (Phi) is 5.64. The maximum Gasteiger partial charge on any atom is 0.430 e. The molecule has 132 valence electrons. The molecule has 0 N–H and O–H groups in total. The molecular formula is C16H16ClF3O4. The van der Waals surface area contributed by atoms with E-state index in [1.165, 1.54) is 19.1 Å². The number of hydrogen-bond donors (Lipinski definition) is 0. The molecule has 8 heteroatoms. The van der Waals surface area contributed by atoms with Crippen LogP contribution in [0.25, 0.3) is 6.08 Å². The van der Waals surface area contributed by atoms with Gasteiger partial charge in [0.2, 0.25) is 6.10 Å². The van der Waals surface area contributed by atoms with Crippen molar-refractivity contribution >= 4 is 23.6 Å². The predicted octanol–water partition coefficient (Wildman–Crippen LogP) is 4.40. The van der Waals surface area contributed by atoms with E-state index < -0.39 is 23.8 Å². The van der Waals surface area contributed by atoms with Crippen molar-refractivity contribution in [2.24, 2.45) is 0 Å². The highest BCUT2D eigenvalue weighted by Gasteiger charge is 2.49. The lowest BCUT2D eigenvalue weighted by atomic mass is 10.0. The Morgan fingerprint density at radius 3 is 2.62 bits per heavy atom. The highest BCUT2D eigenvalue weighted by molar-refractivity contribution is 6.32. The number of rotatable bonds is 5. The summed E-state index contributed by atoms with van der Waals surface area (Å²) in [5.41, 5.74) is -0.359. The molecule has 0 saturated carbocycles. The summed E-state index contributed by atoms with van der Waals surface area (Å²) in [5.74, 6) is -0.903. The van der Waals surface area contributed by atoms with Crippen molar-refractivity contribution in [2.45, 2.75) is 32.5 Å². The maximum atomic E-state index is 13.2. The molecule has 0 aliphatic carbocycles. The Morgan fingerprint density at radius 2 is 2.04 bits per heavy atom. The van der Waals surface area contributed by atoms with E-state index in [1.54, 1.807) is 0 Å². The molecule has 0 radical (unpaired) electrons. The topological polar surface area (TPSA) is 44.8 Å². The van der Waals surface area contributed by atoms with Gasteiger partial charge < -0.3 is 14.2 Å². The van der Waals surface area contributed by atoms with Crippen molar-refractivity contribution in [1.29, 1.82) is 0 Å². The zero-order chi connectivity index (χ0) is 17.9. The third-order valence-corrected chi connectivity index (χ3v) is 3.47. The van der Waals surface area contributed by atoms with Gasteiger partial charge in [-0.25, -0.2) is 4.79 Å². The molecule has 4 nitrogen and oxygen atoms in total. The molecule has 1 aliphatic rings. The van der Waals surface area contributed by atoms with Gasteiger partial charge in [0.15, 0.2) is 0 Å². The van der Waals surface area contributed by atoms with Gasteiger partial charge in [-0.05, 0) is 25.5 Å². The third kappa shape index (κ3) is 3.95. The van der Waals surface area contributed by atoms with Crippen molar-refractivity contribution in [3.8, 4) is 11.5 Å². The molecule has 0 saturated heterocycles. The minimum absolute atomic E-state index is 0.0435. The highest BCUT2D eigenvalue weighted by Crippen LogP contribution is 2.41. The average molecular weight is 365 g/mol. The van der Waals surface area contributed by atoms with Gasteiger partial charge in [0.05, 0.1) is 23.8 Å². The number of halogens is 4. The molecule has 0 fully saturated rings. The maximum absolute atomic E-state index is 13.2. The summed E-state index contributed by atoms with van der Waals surface area (Å²) >= 11 is 6.06. The molecule has 1 aromatic carbocycles. The van der Waals surface area contributed by atoms with Gasteiger partial charge >= 0.3 is 12.1 Å². The number of carbonyl (C=O) groups excluding carboxylic acids is 1. The number of fused-ring (bicyclic) bond motifs is 1. The van der Waals surface area contributed by atoms with Crippen molar-refractivity contribution in [2.75, 3.05) is 13.2 Å². The molecule has 2 rings (SSSR count). The normalized spacial score (nSPS) is 16.8. The largest absolute Gasteiger partial charge is 0.492 e. The number of hydrogen-bond acceptors (Lipinski definition) is 4. The highest BCUT2D eigenvalue weighted by atomic mass is 35.5. The smallest absolute Gasteiger partial charge is 0.430 e. The van der Waals surface area contributed by atoms with Crippen molar-refractivity contribution < 1.29 is 32.2 Å². The Balaban J connectivity index is 2.45. The zero-order valence-electron chi connectivity index (χ0n) is 13.1. The molecule has 0 aromatic heterocycles. The van der Waals surface area contributed by atoms with Gasteiger partial charge in [0.1, 0.15) is 11.5 Å². The predicted molar refractivity (Wildman–Crippen MR) is 82.3 cm³/mol. The summed E-state index contributed by atoms with van der Waals surface area (Å²) in [5, 5.41) is 0.218. The number of esters is 1. The minimum atomic E-state index is -4.76. The first kappa shape index (κ1) is 18.4. The molecule has 1 atom stereocenters. The zero-order valence-corrected chi connectivity index (χ0v) is 13.8. The molecule has 0 bridgehead atoms. The molecule has 1 aliphatic heterocycles. The standard InChI is InChI=1S/C16H16ClF3O4/c1-3-5-23-13-8-12-9(7-11(13)17)6-10(15(21)22-4-2)14(24-12)16(18,19)20/h6-8,14H,3-5H2,1-2H3. The Hall–Kier alpha value is -1.89. The van der Waals surface area contributed by atoms with Crippen LogP contribution in [0.5, 0.6) is 11.5 Å². The first-order valence-electron chi connectivity index (χ1n) is 7.36. The molecule has 1 aromatic rings. The van der Waals surface area contributed by atoms with Crippen LogP contribution < -0.4 is 9.47 Å². The van der Waals surface area contributed by atoms with E-state index >= 15 is 0 Å². The van der Waals surface area contributed by atoms with E-state index in [2.05, 4.69) is 4.74 Å². The Labute approximate surface area is 142 Å². The van der Waals surface area contributed by atoms with Gasteiger partial charge in [0.25, 0.3) is 0 Å². The van der Waals surface area contributed by atoms with Crippen molar-refractivity contribution in [3.05, 3.63) is 28.3 Å². The van der Waals surface area contributed by atoms with Gasteiger partial charge in [0, 0.05) is 11.6 Å². The van der Waals surface area contributed by atoms with Crippen LogP contribution in [-0.4, -0.2) is 31.5 Å². The van der Waals surface area contributed by atoms with E-state index in [9.17, 15) is 18.0 Å². The summed E-state index contributed by atoms with van der Waals surface area (Å²) in [7, 11) is 0. The van der Waals surface area contributed by atoms with Gasteiger partial charge in [-0.3, -0.25) is 0 Å².